The lowest BCUT2D eigenvalue weighted by Gasteiger charge is -2.46. The highest BCUT2D eigenvalue weighted by Gasteiger charge is 2.55. The molecule has 0 aromatic heterocycles. The highest BCUT2D eigenvalue weighted by Crippen LogP contribution is 2.58. The highest BCUT2D eigenvalue weighted by atomic mass is 16.3. The van der Waals surface area contributed by atoms with Crippen LogP contribution in [0.25, 0.3) is 0 Å². The zero-order valence-electron chi connectivity index (χ0n) is 14.2. The van der Waals surface area contributed by atoms with Crippen LogP contribution in [0.4, 0.5) is 0 Å². The van der Waals surface area contributed by atoms with Crippen molar-refractivity contribution in [2.45, 2.75) is 71.5 Å². The summed E-state index contributed by atoms with van der Waals surface area (Å²) in [6.45, 7) is 11.0. The minimum absolute atomic E-state index is 0.213. The predicted octanol–water partition coefficient (Wildman–Crippen LogP) is 4.15. The van der Waals surface area contributed by atoms with Crippen molar-refractivity contribution in [2.75, 3.05) is 0 Å². The average molecular weight is 302 g/mol. The van der Waals surface area contributed by atoms with Gasteiger partial charge < -0.3 is 10.2 Å². The monoisotopic (exact) mass is 302 g/mol. The first-order chi connectivity index (χ1) is 10.4. The Bertz CT molecular complexity index is 542. The van der Waals surface area contributed by atoms with Gasteiger partial charge in [-0.05, 0) is 56.1 Å². The fourth-order valence-corrected chi connectivity index (χ4v) is 4.94. The van der Waals surface area contributed by atoms with E-state index >= 15 is 0 Å². The van der Waals surface area contributed by atoms with Gasteiger partial charge in [-0.15, -0.1) is 0 Å². The number of rotatable bonds is 0. The second kappa shape index (κ2) is 5.65. The molecule has 0 spiro atoms. The van der Waals surface area contributed by atoms with E-state index in [4.69, 9.17) is 0 Å². The van der Waals surface area contributed by atoms with E-state index in [1.54, 1.807) is 0 Å². The molecule has 5 atom stereocenters. The fraction of sp³-hybridized carbons (Fsp3) is 0.700. The molecule has 22 heavy (non-hydrogen) atoms. The van der Waals surface area contributed by atoms with Crippen LogP contribution in [0.2, 0.25) is 0 Å². The molecule has 0 radical (unpaired) electrons. The predicted molar refractivity (Wildman–Crippen MR) is 90.4 cm³/mol. The summed E-state index contributed by atoms with van der Waals surface area (Å²) in [5.74, 6) is 0.833. The van der Waals surface area contributed by atoms with Gasteiger partial charge in [-0.25, -0.2) is 0 Å². The molecule has 0 aromatic rings. The molecule has 3 aliphatic carbocycles. The van der Waals surface area contributed by atoms with Crippen LogP contribution in [-0.2, 0) is 0 Å². The van der Waals surface area contributed by atoms with Crippen LogP contribution < -0.4 is 0 Å². The Balaban J connectivity index is 2.12. The van der Waals surface area contributed by atoms with Gasteiger partial charge in [-0.3, -0.25) is 0 Å². The maximum Gasteiger partial charge on any atom is 0.105 e. The molecule has 0 amide bonds. The van der Waals surface area contributed by atoms with E-state index in [2.05, 4.69) is 33.4 Å². The van der Waals surface area contributed by atoms with Crippen molar-refractivity contribution in [2.24, 2.45) is 17.3 Å². The molecule has 3 aliphatic rings. The van der Waals surface area contributed by atoms with Gasteiger partial charge >= 0.3 is 0 Å². The molecule has 2 N–H and O–H groups in total. The topological polar surface area (TPSA) is 40.5 Å². The van der Waals surface area contributed by atoms with E-state index in [0.29, 0.717) is 5.92 Å². The molecule has 2 heteroatoms. The van der Waals surface area contributed by atoms with Gasteiger partial charge in [0.15, 0.2) is 0 Å². The molecular weight excluding hydrogens is 272 g/mol. The molecule has 0 aliphatic heterocycles. The quantitative estimate of drug-likeness (QED) is 0.660. The Labute approximate surface area is 134 Å². The average Bonchev–Trinajstić information content (AvgIpc) is 2.83. The standard InChI is InChI=1S/C20H30O2/c1-12-6-5-7-13(2)15-10-11-20(4)17(15)14(3)16(9-8-12)18(21)19(20)22/h9,12,17-19,21-22H,3,5-8,10-11H2,1-2,4H3/b15-13-,16-9+/t12-,17+,18+,19-,20-/m0/s1. The summed E-state index contributed by atoms with van der Waals surface area (Å²) in [6.07, 6.45) is 7.27. The van der Waals surface area contributed by atoms with Crippen molar-refractivity contribution in [3.8, 4) is 0 Å². The van der Waals surface area contributed by atoms with Gasteiger partial charge in [0.05, 0.1) is 6.10 Å². The maximum atomic E-state index is 10.8. The van der Waals surface area contributed by atoms with Crippen molar-refractivity contribution in [3.63, 3.8) is 0 Å². The lowest BCUT2D eigenvalue weighted by atomic mass is 9.61. The van der Waals surface area contributed by atoms with Crippen LogP contribution in [-0.4, -0.2) is 22.4 Å². The summed E-state index contributed by atoms with van der Waals surface area (Å²) in [7, 11) is 0. The zero-order chi connectivity index (χ0) is 16.1. The number of fused-ring (bicyclic) bond motifs is 1. The largest absolute Gasteiger partial charge is 0.389 e. The fourth-order valence-electron chi connectivity index (χ4n) is 4.94. The summed E-state index contributed by atoms with van der Waals surface area (Å²) in [4.78, 5) is 0. The van der Waals surface area contributed by atoms with Crippen molar-refractivity contribution >= 4 is 0 Å². The smallest absolute Gasteiger partial charge is 0.105 e. The third kappa shape index (κ3) is 2.32. The normalized spacial score (nSPS) is 48.6. The lowest BCUT2D eigenvalue weighted by molar-refractivity contribution is -0.0636. The Morgan fingerprint density at radius 2 is 2.00 bits per heavy atom. The molecule has 0 unspecified atom stereocenters. The van der Waals surface area contributed by atoms with E-state index in [0.717, 1.165) is 36.8 Å². The van der Waals surface area contributed by atoms with E-state index in [9.17, 15) is 10.2 Å². The molecule has 122 valence electrons. The minimum Gasteiger partial charge on any atom is -0.389 e. The third-order valence-corrected chi connectivity index (χ3v) is 6.49. The van der Waals surface area contributed by atoms with Crippen molar-refractivity contribution in [1.82, 2.24) is 0 Å². The number of aliphatic hydroxyl groups excluding tert-OH is 2. The first-order valence-corrected chi connectivity index (χ1v) is 8.80. The zero-order valence-corrected chi connectivity index (χ0v) is 14.2. The van der Waals surface area contributed by atoms with Gasteiger partial charge in [0.2, 0.25) is 0 Å². The molecule has 0 saturated heterocycles. The van der Waals surface area contributed by atoms with E-state index in [-0.39, 0.29) is 11.3 Å². The van der Waals surface area contributed by atoms with Gasteiger partial charge in [-0.1, -0.05) is 44.1 Å². The summed E-state index contributed by atoms with van der Waals surface area (Å²) < 4.78 is 0. The summed E-state index contributed by atoms with van der Waals surface area (Å²) in [6, 6.07) is 0. The Hall–Kier alpha value is -0.860. The van der Waals surface area contributed by atoms with E-state index < -0.39 is 12.2 Å². The molecule has 2 bridgehead atoms. The molecule has 2 saturated carbocycles. The van der Waals surface area contributed by atoms with Crippen LogP contribution in [0.15, 0.2) is 34.9 Å². The van der Waals surface area contributed by atoms with Crippen molar-refractivity contribution in [3.05, 3.63) is 34.9 Å². The first-order valence-electron chi connectivity index (χ1n) is 8.80. The van der Waals surface area contributed by atoms with Crippen LogP contribution in [0.5, 0.6) is 0 Å². The molecule has 2 fully saturated rings. The van der Waals surface area contributed by atoms with Crippen molar-refractivity contribution < 1.29 is 10.2 Å². The SMILES string of the molecule is C=C1/C2=C\C[C@@H](C)CCC/C(C)=C3/CC[C@@](C)([C@H]13)[C@@H](O)[C@@H]2O. The summed E-state index contributed by atoms with van der Waals surface area (Å²) in [5.41, 5.74) is 4.67. The Morgan fingerprint density at radius 1 is 1.27 bits per heavy atom. The van der Waals surface area contributed by atoms with E-state index in [1.807, 2.05) is 0 Å². The van der Waals surface area contributed by atoms with Crippen LogP contribution in [0, 0.1) is 17.3 Å². The molecule has 0 heterocycles. The second-order valence-corrected chi connectivity index (χ2v) is 8.05. The second-order valence-electron chi connectivity index (χ2n) is 8.05. The van der Waals surface area contributed by atoms with Gasteiger partial charge in [0, 0.05) is 11.3 Å². The molecule has 2 nitrogen and oxygen atoms in total. The lowest BCUT2D eigenvalue weighted by Crippen LogP contribution is -2.50. The van der Waals surface area contributed by atoms with Crippen LogP contribution in [0.3, 0.4) is 0 Å². The summed E-state index contributed by atoms with van der Waals surface area (Å²) in [5, 5.41) is 21.4. The van der Waals surface area contributed by atoms with Crippen molar-refractivity contribution in [1.29, 1.82) is 0 Å². The first kappa shape index (κ1) is 16.0. The van der Waals surface area contributed by atoms with Gasteiger partial charge in [0.1, 0.15) is 6.10 Å². The molecular formula is C20H30O2. The van der Waals surface area contributed by atoms with Gasteiger partial charge in [0.25, 0.3) is 0 Å². The Morgan fingerprint density at radius 3 is 2.73 bits per heavy atom. The number of hydrogen-bond acceptors (Lipinski definition) is 2. The minimum atomic E-state index is -0.777. The number of aliphatic hydroxyl groups is 2. The number of allylic oxidation sites excluding steroid dienone is 3. The Kier molecular flexibility index (Phi) is 4.11. The number of hydrogen-bond donors (Lipinski definition) is 2. The maximum absolute atomic E-state index is 10.8. The van der Waals surface area contributed by atoms with Crippen LogP contribution in [0.1, 0.15) is 59.3 Å². The van der Waals surface area contributed by atoms with E-state index in [1.165, 1.54) is 24.0 Å². The third-order valence-electron chi connectivity index (χ3n) is 6.49. The van der Waals surface area contributed by atoms with Crippen LogP contribution >= 0.6 is 0 Å². The molecule has 3 rings (SSSR count). The summed E-state index contributed by atoms with van der Waals surface area (Å²) >= 11 is 0. The highest BCUT2D eigenvalue weighted by molar-refractivity contribution is 5.47. The van der Waals surface area contributed by atoms with Gasteiger partial charge in [-0.2, -0.15) is 0 Å². The molecule has 0 aromatic carbocycles.